The van der Waals surface area contributed by atoms with Gasteiger partial charge in [0.1, 0.15) is 5.15 Å². The van der Waals surface area contributed by atoms with Crippen LogP contribution in [-0.4, -0.2) is 33.1 Å². The van der Waals surface area contributed by atoms with Gasteiger partial charge in [0.05, 0.1) is 23.2 Å². The maximum Gasteiger partial charge on any atom is 0.142 e. The van der Waals surface area contributed by atoms with Crippen LogP contribution < -0.4 is 0 Å². The van der Waals surface area contributed by atoms with Crippen molar-refractivity contribution < 1.29 is 0 Å². The van der Waals surface area contributed by atoms with Crippen LogP contribution in [0.4, 0.5) is 0 Å². The first-order valence-electron chi connectivity index (χ1n) is 8.20. The minimum atomic E-state index is 0.471. The van der Waals surface area contributed by atoms with Crippen LogP contribution in [0.5, 0.6) is 0 Å². The molecule has 2 heterocycles. The monoisotopic (exact) mass is 330 g/mol. The summed E-state index contributed by atoms with van der Waals surface area (Å²) in [4.78, 5) is 0. The number of hydrazone groups is 1. The lowest BCUT2D eigenvalue weighted by Gasteiger charge is -2.36. The highest BCUT2D eigenvalue weighted by atomic mass is 35.5. The second-order valence-electron chi connectivity index (χ2n) is 6.29. The quantitative estimate of drug-likeness (QED) is 0.780. The third kappa shape index (κ3) is 3.27. The Balaban J connectivity index is 1.89. The third-order valence-electron chi connectivity index (χ3n) is 4.52. The fourth-order valence-corrected chi connectivity index (χ4v) is 3.48. The summed E-state index contributed by atoms with van der Waals surface area (Å²) >= 11 is 6.55. The summed E-state index contributed by atoms with van der Waals surface area (Å²) in [6, 6.07) is 10.9. The molecule has 3 rings (SSSR count). The first kappa shape index (κ1) is 16.1. The molecule has 1 saturated heterocycles. The molecule has 0 spiro atoms. The maximum absolute atomic E-state index is 6.55. The smallest absolute Gasteiger partial charge is 0.142 e. The summed E-state index contributed by atoms with van der Waals surface area (Å²) in [5.41, 5.74) is 2.74. The molecule has 0 amide bonds. The molecule has 5 heteroatoms. The maximum atomic E-state index is 6.55. The van der Waals surface area contributed by atoms with Crippen LogP contribution in [0, 0.1) is 6.92 Å². The Labute approximate surface area is 142 Å². The Morgan fingerprint density at radius 3 is 2.48 bits per heavy atom. The zero-order valence-electron chi connectivity index (χ0n) is 13.9. The van der Waals surface area contributed by atoms with E-state index < -0.39 is 0 Å². The van der Waals surface area contributed by atoms with E-state index in [2.05, 4.69) is 24.0 Å². The molecule has 2 unspecified atom stereocenters. The van der Waals surface area contributed by atoms with Gasteiger partial charge in [-0.05, 0) is 52.2 Å². The summed E-state index contributed by atoms with van der Waals surface area (Å²) < 4.78 is 1.77. The SMILES string of the molecule is Cc1nn(-c2ccccc2)c(Cl)c1C=NN1C(C)CCCC1C. The molecule has 0 N–H and O–H groups in total. The fourth-order valence-electron chi connectivity index (χ4n) is 3.16. The van der Waals surface area contributed by atoms with Gasteiger partial charge in [-0.2, -0.15) is 10.2 Å². The van der Waals surface area contributed by atoms with Crippen molar-refractivity contribution in [1.29, 1.82) is 0 Å². The van der Waals surface area contributed by atoms with Crippen molar-refractivity contribution >= 4 is 17.8 Å². The summed E-state index contributed by atoms with van der Waals surface area (Å²) in [7, 11) is 0. The van der Waals surface area contributed by atoms with Crippen LogP contribution in [0.2, 0.25) is 5.15 Å². The molecule has 0 radical (unpaired) electrons. The number of nitrogens with zero attached hydrogens (tertiary/aromatic N) is 4. The highest BCUT2D eigenvalue weighted by molar-refractivity contribution is 6.32. The number of piperidine rings is 1. The molecule has 2 aromatic rings. The Kier molecular flexibility index (Phi) is 4.71. The minimum absolute atomic E-state index is 0.471. The molecule has 1 aliphatic heterocycles. The number of aryl methyl sites for hydroxylation is 1. The minimum Gasteiger partial charge on any atom is -0.292 e. The van der Waals surface area contributed by atoms with Gasteiger partial charge in [0.15, 0.2) is 0 Å². The molecular weight excluding hydrogens is 308 g/mol. The molecular formula is C18H23ClN4. The summed E-state index contributed by atoms with van der Waals surface area (Å²) in [6.45, 7) is 6.43. The van der Waals surface area contributed by atoms with Gasteiger partial charge in [-0.1, -0.05) is 29.8 Å². The molecule has 0 saturated carbocycles. The van der Waals surface area contributed by atoms with Gasteiger partial charge < -0.3 is 0 Å². The van der Waals surface area contributed by atoms with Crippen LogP contribution in [0.15, 0.2) is 35.4 Å². The molecule has 1 fully saturated rings. The molecule has 0 bridgehead atoms. The van der Waals surface area contributed by atoms with Gasteiger partial charge in [0, 0.05) is 12.1 Å². The van der Waals surface area contributed by atoms with Gasteiger partial charge in [0.25, 0.3) is 0 Å². The number of halogens is 1. The van der Waals surface area contributed by atoms with Crippen molar-refractivity contribution in [3.63, 3.8) is 0 Å². The topological polar surface area (TPSA) is 33.4 Å². The van der Waals surface area contributed by atoms with Gasteiger partial charge in [-0.25, -0.2) is 4.68 Å². The van der Waals surface area contributed by atoms with Crippen LogP contribution in [-0.2, 0) is 0 Å². The van der Waals surface area contributed by atoms with Crippen molar-refractivity contribution in [3.8, 4) is 5.69 Å². The van der Waals surface area contributed by atoms with Crippen LogP contribution >= 0.6 is 11.6 Å². The molecule has 1 aliphatic rings. The second-order valence-corrected chi connectivity index (χ2v) is 6.65. The van der Waals surface area contributed by atoms with Crippen molar-refractivity contribution in [1.82, 2.24) is 14.8 Å². The molecule has 23 heavy (non-hydrogen) atoms. The number of benzene rings is 1. The van der Waals surface area contributed by atoms with Crippen molar-refractivity contribution in [2.45, 2.75) is 52.1 Å². The van der Waals surface area contributed by atoms with E-state index in [-0.39, 0.29) is 0 Å². The first-order chi connectivity index (χ1) is 11.1. The number of para-hydroxylation sites is 1. The zero-order chi connectivity index (χ0) is 16.4. The number of rotatable bonds is 3. The Hall–Kier alpha value is -1.81. The predicted octanol–water partition coefficient (Wildman–Crippen LogP) is 4.43. The molecule has 0 aliphatic carbocycles. The number of hydrogen-bond acceptors (Lipinski definition) is 3. The van der Waals surface area contributed by atoms with Crippen LogP contribution in [0.3, 0.4) is 0 Å². The summed E-state index contributed by atoms with van der Waals surface area (Å²) in [6.07, 6.45) is 5.53. The Bertz CT molecular complexity index is 683. The van der Waals surface area contributed by atoms with Gasteiger partial charge in [-0.15, -0.1) is 0 Å². The van der Waals surface area contributed by atoms with Crippen LogP contribution in [0.1, 0.15) is 44.4 Å². The fraction of sp³-hybridized carbons (Fsp3) is 0.444. The lowest BCUT2D eigenvalue weighted by molar-refractivity contribution is 0.109. The van der Waals surface area contributed by atoms with Gasteiger partial charge in [0.2, 0.25) is 0 Å². The third-order valence-corrected chi connectivity index (χ3v) is 4.88. The molecule has 1 aromatic carbocycles. The van der Waals surface area contributed by atoms with E-state index in [1.807, 2.05) is 43.5 Å². The lowest BCUT2D eigenvalue weighted by Crippen LogP contribution is -2.39. The van der Waals surface area contributed by atoms with Gasteiger partial charge in [-0.3, -0.25) is 5.01 Å². The summed E-state index contributed by atoms with van der Waals surface area (Å²) in [5.74, 6) is 0. The van der Waals surface area contributed by atoms with E-state index >= 15 is 0 Å². The average molecular weight is 331 g/mol. The van der Waals surface area contributed by atoms with Crippen molar-refractivity contribution in [2.75, 3.05) is 0 Å². The highest BCUT2D eigenvalue weighted by Gasteiger charge is 2.23. The largest absolute Gasteiger partial charge is 0.292 e. The van der Waals surface area contributed by atoms with E-state index in [4.69, 9.17) is 16.7 Å². The van der Waals surface area contributed by atoms with Crippen LogP contribution in [0.25, 0.3) is 5.69 Å². The number of aromatic nitrogens is 2. The normalized spacial score (nSPS) is 22.0. The van der Waals surface area contributed by atoms with Crippen molar-refractivity contribution in [3.05, 3.63) is 46.7 Å². The summed E-state index contributed by atoms with van der Waals surface area (Å²) in [5, 5.41) is 12.1. The van der Waals surface area contributed by atoms with E-state index in [9.17, 15) is 0 Å². The standard InChI is InChI=1S/C18H23ClN4/c1-13-8-7-9-14(2)22(13)20-12-17-15(3)21-23(18(17)19)16-10-5-4-6-11-16/h4-6,10-14H,7-9H2,1-3H3. The first-order valence-corrected chi connectivity index (χ1v) is 8.58. The lowest BCUT2D eigenvalue weighted by atomic mass is 10.00. The molecule has 1 aromatic heterocycles. The zero-order valence-corrected chi connectivity index (χ0v) is 14.7. The van der Waals surface area contributed by atoms with E-state index in [1.165, 1.54) is 19.3 Å². The molecule has 4 nitrogen and oxygen atoms in total. The average Bonchev–Trinajstić information content (AvgIpc) is 2.83. The van der Waals surface area contributed by atoms with Gasteiger partial charge >= 0.3 is 0 Å². The van der Waals surface area contributed by atoms with Crippen molar-refractivity contribution in [2.24, 2.45) is 5.10 Å². The van der Waals surface area contributed by atoms with E-state index in [0.717, 1.165) is 16.9 Å². The Morgan fingerprint density at radius 2 is 1.83 bits per heavy atom. The number of hydrogen-bond donors (Lipinski definition) is 0. The molecule has 2 atom stereocenters. The Morgan fingerprint density at radius 1 is 1.17 bits per heavy atom. The predicted molar refractivity (Wildman–Crippen MR) is 95.5 cm³/mol. The second kappa shape index (κ2) is 6.75. The molecule has 122 valence electrons. The highest BCUT2D eigenvalue weighted by Crippen LogP contribution is 2.25. The van der Waals surface area contributed by atoms with E-state index in [1.54, 1.807) is 4.68 Å². The van der Waals surface area contributed by atoms with E-state index in [0.29, 0.717) is 17.2 Å².